The van der Waals surface area contributed by atoms with Crippen LogP contribution in [0, 0.1) is 5.82 Å². The number of oxime groups is 1. The number of nitrogens with zero attached hydrogens (tertiary/aromatic N) is 1. The standard InChI is InChI=1S/C20H22FNO4/c1-3-25-19(20(23)24)12-16-5-4-6-17(11-16)14(2)22-26-13-15-7-9-18(21)10-8-15/h4-11,19H,3,12-13H2,1-2H3,(H,23,24)/b22-14+/t19-/m0/s1. The lowest BCUT2D eigenvalue weighted by atomic mass is 10.0. The maximum Gasteiger partial charge on any atom is 0.333 e. The number of benzene rings is 2. The van der Waals surface area contributed by atoms with Crippen LogP contribution in [0.2, 0.25) is 0 Å². The minimum atomic E-state index is -0.981. The average Bonchev–Trinajstić information content (AvgIpc) is 2.63. The largest absolute Gasteiger partial charge is 0.479 e. The number of ether oxygens (including phenoxy) is 1. The summed E-state index contributed by atoms with van der Waals surface area (Å²) in [5.41, 5.74) is 3.16. The number of carboxylic acids is 1. The maximum atomic E-state index is 12.9. The van der Waals surface area contributed by atoms with Gasteiger partial charge in [0.2, 0.25) is 0 Å². The molecule has 0 saturated carbocycles. The zero-order valence-corrected chi connectivity index (χ0v) is 14.8. The summed E-state index contributed by atoms with van der Waals surface area (Å²) in [6.45, 7) is 4.15. The van der Waals surface area contributed by atoms with Gasteiger partial charge in [-0.2, -0.15) is 0 Å². The molecule has 5 nitrogen and oxygen atoms in total. The van der Waals surface area contributed by atoms with Gasteiger partial charge in [0.15, 0.2) is 6.10 Å². The van der Waals surface area contributed by atoms with E-state index in [0.717, 1.165) is 16.7 Å². The normalized spacial score (nSPS) is 12.7. The van der Waals surface area contributed by atoms with Crippen molar-refractivity contribution in [2.75, 3.05) is 6.61 Å². The van der Waals surface area contributed by atoms with Crippen LogP contribution in [0.25, 0.3) is 0 Å². The van der Waals surface area contributed by atoms with E-state index in [2.05, 4.69) is 5.16 Å². The number of rotatable bonds is 9. The van der Waals surface area contributed by atoms with Gasteiger partial charge in [-0.05, 0) is 48.7 Å². The second kappa shape index (κ2) is 9.68. The topological polar surface area (TPSA) is 68.1 Å². The van der Waals surface area contributed by atoms with Gasteiger partial charge in [0.25, 0.3) is 0 Å². The van der Waals surface area contributed by atoms with Crippen molar-refractivity contribution in [1.29, 1.82) is 0 Å². The molecule has 2 aromatic carbocycles. The van der Waals surface area contributed by atoms with Gasteiger partial charge in [-0.3, -0.25) is 0 Å². The Hall–Kier alpha value is -2.73. The highest BCUT2D eigenvalue weighted by Gasteiger charge is 2.18. The van der Waals surface area contributed by atoms with Gasteiger partial charge in [-0.15, -0.1) is 0 Å². The van der Waals surface area contributed by atoms with Crippen LogP contribution < -0.4 is 0 Å². The molecular weight excluding hydrogens is 337 g/mol. The minimum Gasteiger partial charge on any atom is -0.479 e. The Morgan fingerprint density at radius 3 is 2.58 bits per heavy atom. The Morgan fingerprint density at radius 1 is 1.19 bits per heavy atom. The van der Waals surface area contributed by atoms with E-state index in [0.29, 0.717) is 12.3 Å². The van der Waals surface area contributed by atoms with Crippen molar-refractivity contribution in [1.82, 2.24) is 0 Å². The predicted octanol–water partition coefficient (Wildman–Crippen LogP) is 3.80. The van der Waals surface area contributed by atoms with E-state index in [9.17, 15) is 14.3 Å². The monoisotopic (exact) mass is 359 g/mol. The lowest BCUT2D eigenvalue weighted by Crippen LogP contribution is -2.26. The third-order valence-corrected chi connectivity index (χ3v) is 3.76. The van der Waals surface area contributed by atoms with Crippen LogP contribution in [0.3, 0.4) is 0 Å². The molecule has 0 unspecified atom stereocenters. The first kappa shape index (κ1) is 19.6. The van der Waals surface area contributed by atoms with E-state index < -0.39 is 12.1 Å². The summed E-state index contributed by atoms with van der Waals surface area (Å²) >= 11 is 0. The van der Waals surface area contributed by atoms with Crippen molar-refractivity contribution in [2.45, 2.75) is 33.0 Å². The summed E-state index contributed by atoms with van der Waals surface area (Å²) in [6.07, 6.45) is -0.594. The number of hydrogen-bond donors (Lipinski definition) is 1. The fraction of sp³-hybridized carbons (Fsp3) is 0.300. The maximum absolute atomic E-state index is 12.9. The van der Waals surface area contributed by atoms with E-state index in [1.54, 1.807) is 26.0 Å². The van der Waals surface area contributed by atoms with Crippen molar-refractivity contribution < 1.29 is 23.9 Å². The lowest BCUT2D eigenvalue weighted by molar-refractivity contribution is -0.149. The third-order valence-electron chi connectivity index (χ3n) is 3.76. The molecular formula is C20H22FNO4. The molecule has 0 aliphatic carbocycles. The van der Waals surface area contributed by atoms with Gasteiger partial charge in [-0.1, -0.05) is 35.5 Å². The second-order valence-corrected chi connectivity index (χ2v) is 5.76. The van der Waals surface area contributed by atoms with Gasteiger partial charge in [-0.25, -0.2) is 9.18 Å². The van der Waals surface area contributed by atoms with Crippen LogP contribution in [0.15, 0.2) is 53.7 Å². The number of hydrogen-bond acceptors (Lipinski definition) is 4. The Balaban J connectivity index is 2.00. The van der Waals surface area contributed by atoms with Crippen LogP contribution in [-0.2, 0) is 27.4 Å². The second-order valence-electron chi connectivity index (χ2n) is 5.76. The molecule has 0 spiro atoms. The number of carboxylic acid groups (broad SMARTS) is 1. The van der Waals surface area contributed by atoms with Crippen molar-refractivity contribution in [2.24, 2.45) is 5.16 Å². The smallest absolute Gasteiger partial charge is 0.333 e. The van der Waals surface area contributed by atoms with Gasteiger partial charge >= 0.3 is 5.97 Å². The van der Waals surface area contributed by atoms with Crippen molar-refractivity contribution in [3.63, 3.8) is 0 Å². The molecule has 0 aromatic heterocycles. The Kier molecular flexibility index (Phi) is 7.29. The molecule has 138 valence electrons. The van der Waals surface area contributed by atoms with Gasteiger partial charge in [0.1, 0.15) is 12.4 Å². The Bertz CT molecular complexity index is 759. The lowest BCUT2D eigenvalue weighted by Gasteiger charge is -2.13. The van der Waals surface area contributed by atoms with Crippen LogP contribution in [0.4, 0.5) is 4.39 Å². The van der Waals surface area contributed by atoms with E-state index in [1.165, 1.54) is 12.1 Å². The molecule has 1 atom stereocenters. The minimum absolute atomic E-state index is 0.239. The van der Waals surface area contributed by atoms with E-state index in [4.69, 9.17) is 9.57 Å². The van der Waals surface area contributed by atoms with Crippen molar-refractivity contribution >= 4 is 11.7 Å². The first-order valence-corrected chi connectivity index (χ1v) is 8.34. The zero-order chi connectivity index (χ0) is 18.9. The number of carbonyl (C=O) groups is 1. The highest BCUT2D eigenvalue weighted by molar-refractivity contribution is 5.98. The fourth-order valence-electron chi connectivity index (χ4n) is 2.39. The fourth-order valence-corrected chi connectivity index (χ4v) is 2.39. The molecule has 26 heavy (non-hydrogen) atoms. The molecule has 1 N–H and O–H groups in total. The molecule has 0 bridgehead atoms. The highest BCUT2D eigenvalue weighted by Crippen LogP contribution is 2.12. The summed E-state index contributed by atoms with van der Waals surface area (Å²) in [5.74, 6) is -1.28. The molecule has 0 fully saturated rings. The quantitative estimate of drug-likeness (QED) is 0.546. The molecule has 6 heteroatoms. The predicted molar refractivity (Wildman–Crippen MR) is 96.6 cm³/mol. The Morgan fingerprint density at radius 2 is 1.92 bits per heavy atom. The summed E-state index contributed by atoms with van der Waals surface area (Å²) in [6, 6.07) is 13.5. The first-order chi connectivity index (χ1) is 12.5. The van der Waals surface area contributed by atoms with Crippen LogP contribution in [0.1, 0.15) is 30.5 Å². The number of aliphatic carboxylic acids is 1. The molecule has 2 rings (SSSR count). The third kappa shape index (κ3) is 5.97. The molecule has 0 radical (unpaired) electrons. The van der Waals surface area contributed by atoms with Gasteiger partial charge in [0, 0.05) is 13.0 Å². The van der Waals surface area contributed by atoms with Crippen LogP contribution in [-0.4, -0.2) is 29.5 Å². The SMILES string of the molecule is CCO[C@@H](Cc1cccc(/C(C)=N/OCc2ccc(F)cc2)c1)C(=O)O. The number of halogens is 1. The van der Waals surface area contributed by atoms with Crippen LogP contribution in [0.5, 0.6) is 0 Å². The molecule has 0 aliphatic heterocycles. The van der Waals surface area contributed by atoms with Crippen LogP contribution >= 0.6 is 0 Å². The first-order valence-electron chi connectivity index (χ1n) is 8.34. The molecule has 0 heterocycles. The van der Waals surface area contributed by atoms with E-state index in [1.807, 2.05) is 24.3 Å². The molecule has 0 amide bonds. The van der Waals surface area contributed by atoms with E-state index in [-0.39, 0.29) is 18.8 Å². The Labute approximate surface area is 152 Å². The summed E-state index contributed by atoms with van der Waals surface area (Å²) < 4.78 is 18.1. The van der Waals surface area contributed by atoms with Crippen molar-refractivity contribution in [3.05, 3.63) is 71.0 Å². The highest BCUT2D eigenvalue weighted by atomic mass is 19.1. The zero-order valence-electron chi connectivity index (χ0n) is 14.8. The summed E-state index contributed by atoms with van der Waals surface area (Å²) in [5, 5.41) is 13.3. The van der Waals surface area contributed by atoms with Gasteiger partial charge < -0.3 is 14.7 Å². The molecule has 2 aromatic rings. The van der Waals surface area contributed by atoms with Crippen molar-refractivity contribution in [3.8, 4) is 0 Å². The summed E-state index contributed by atoms with van der Waals surface area (Å²) in [7, 11) is 0. The van der Waals surface area contributed by atoms with E-state index >= 15 is 0 Å². The average molecular weight is 359 g/mol. The molecule has 0 aliphatic rings. The van der Waals surface area contributed by atoms with Gasteiger partial charge in [0.05, 0.1) is 5.71 Å². The molecule has 0 saturated heterocycles. The summed E-state index contributed by atoms with van der Waals surface area (Å²) in [4.78, 5) is 16.5.